The van der Waals surface area contributed by atoms with Crippen LogP contribution in [0.2, 0.25) is 0 Å². The Morgan fingerprint density at radius 3 is 2.10 bits per heavy atom. The fraction of sp³-hybridized carbons (Fsp3) is 0.125. The lowest BCUT2D eigenvalue weighted by Crippen LogP contribution is -1.96. The van der Waals surface area contributed by atoms with Crippen LogP contribution >= 0.6 is 9.24 Å². The van der Waals surface area contributed by atoms with Gasteiger partial charge in [0, 0.05) is 23.8 Å². The molecular weight excluding hydrogens is 429 g/mol. The molecule has 1 aromatic heterocycles. The minimum absolute atomic E-state index is 0.267. The molecule has 0 aliphatic heterocycles. The number of ether oxygens (including phenoxy) is 1. The Hall–Kier alpha value is -2.95. The zero-order valence-corrected chi connectivity index (χ0v) is 19.2. The van der Waals surface area contributed by atoms with Crippen LogP contribution in [0.5, 0.6) is 5.75 Å². The fourth-order valence-electron chi connectivity index (χ4n) is 3.24. The molecular formula is C24H22NO4PS. The summed E-state index contributed by atoms with van der Waals surface area (Å²) in [5, 5.41) is 1.07. The molecule has 31 heavy (non-hydrogen) atoms. The number of sulfone groups is 1. The SMILES string of the molecule is COc1ccc(Cc2nc(-c3ccc(P)cc3)c(-c3ccc(S(C)(=O)=O)cc3)o2)cc1. The van der Waals surface area contributed by atoms with E-state index in [-0.39, 0.29) is 4.90 Å². The van der Waals surface area contributed by atoms with Gasteiger partial charge in [-0.15, -0.1) is 9.24 Å². The fourth-order valence-corrected chi connectivity index (χ4v) is 4.07. The van der Waals surface area contributed by atoms with Crippen molar-refractivity contribution in [3.63, 3.8) is 0 Å². The first-order valence-electron chi connectivity index (χ1n) is 9.62. The molecule has 5 nitrogen and oxygen atoms in total. The molecule has 0 saturated carbocycles. The van der Waals surface area contributed by atoms with Gasteiger partial charge in [-0.25, -0.2) is 13.4 Å². The Morgan fingerprint density at radius 1 is 0.903 bits per heavy atom. The van der Waals surface area contributed by atoms with Crippen LogP contribution in [0.4, 0.5) is 0 Å². The average Bonchev–Trinajstić information content (AvgIpc) is 3.18. The van der Waals surface area contributed by atoms with E-state index >= 15 is 0 Å². The predicted octanol–water partition coefficient (Wildman–Crippen LogP) is 4.51. The van der Waals surface area contributed by atoms with Crippen LogP contribution in [0.15, 0.2) is 82.1 Å². The molecule has 0 aliphatic rings. The predicted molar refractivity (Wildman–Crippen MR) is 126 cm³/mol. The number of benzene rings is 3. The minimum Gasteiger partial charge on any atom is -0.497 e. The zero-order chi connectivity index (χ0) is 22.0. The number of oxazole rings is 1. The molecule has 0 aliphatic carbocycles. The van der Waals surface area contributed by atoms with Gasteiger partial charge in [0.25, 0.3) is 0 Å². The second kappa shape index (κ2) is 8.66. The highest BCUT2D eigenvalue weighted by molar-refractivity contribution is 7.90. The van der Waals surface area contributed by atoms with Gasteiger partial charge in [0.05, 0.1) is 12.0 Å². The summed E-state index contributed by atoms with van der Waals surface area (Å²) in [7, 11) is 1.03. The third-order valence-corrected chi connectivity index (χ3v) is 6.43. The lowest BCUT2D eigenvalue weighted by molar-refractivity contribution is 0.414. The average molecular weight is 451 g/mol. The number of nitrogens with zero attached hydrogens (tertiary/aromatic N) is 1. The van der Waals surface area contributed by atoms with Crippen molar-refractivity contribution in [1.29, 1.82) is 0 Å². The lowest BCUT2D eigenvalue weighted by atomic mass is 10.1. The highest BCUT2D eigenvalue weighted by Crippen LogP contribution is 2.34. The van der Waals surface area contributed by atoms with Crippen LogP contribution < -0.4 is 10.0 Å². The summed E-state index contributed by atoms with van der Waals surface area (Å²) >= 11 is 0. The first-order chi connectivity index (χ1) is 14.8. The summed E-state index contributed by atoms with van der Waals surface area (Å²) in [4.78, 5) is 5.04. The number of hydrogen-bond donors (Lipinski definition) is 0. The molecule has 0 amide bonds. The Kier molecular flexibility index (Phi) is 5.94. The van der Waals surface area contributed by atoms with Gasteiger partial charge >= 0.3 is 0 Å². The van der Waals surface area contributed by atoms with Crippen molar-refractivity contribution in [2.24, 2.45) is 0 Å². The molecule has 1 unspecified atom stereocenters. The largest absolute Gasteiger partial charge is 0.497 e. The molecule has 0 radical (unpaired) electrons. The highest BCUT2D eigenvalue weighted by Gasteiger charge is 2.18. The summed E-state index contributed by atoms with van der Waals surface area (Å²) in [5.41, 5.74) is 3.47. The maximum atomic E-state index is 11.8. The van der Waals surface area contributed by atoms with Crippen molar-refractivity contribution < 1.29 is 17.6 Å². The summed E-state index contributed by atoms with van der Waals surface area (Å²) in [6.45, 7) is 0. The zero-order valence-electron chi connectivity index (χ0n) is 17.2. The van der Waals surface area contributed by atoms with Crippen LogP contribution in [0.25, 0.3) is 22.6 Å². The summed E-state index contributed by atoms with van der Waals surface area (Å²) in [6.07, 6.45) is 1.72. The van der Waals surface area contributed by atoms with Crippen molar-refractivity contribution in [3.05, 3.63) is 84.3 Å². The van der Waals surface area contributed by atoms with Crippen molar-refractivity contribution >= 4 is 24.4 Å². The molecule has 158 valence electrons. The highest BCUT2D eigenvalue weighted by atomic mass is 32.2. The molecule has 0 spiro atoms. The van der Waals surface area contributed by atoms with E-state index in [2.05, 4.69) is 9.24 Å². The Morgan fingerprint density at radius 2 is 1.52 bits per heavy atom. The van der Waals surface area contributed by atoms with Gasteiger partial charge in [0.15, 0.2) is 21.5 Å². The second-order valence-electron chi connectivity index (χ2n) is 7.23. The van der Waals surface area contributed by atoms with Crippen molar-refractivity contribution in [1.82, 2.24) is 4.98 Å². The van der Waals surface area contributed by atoms with Gasteiger partial charge in [-0.05, 0) is 47.3 Å². The molecule has 0 saturated heterocycles. The van der Waals surface area contributed by atoms with Crippen LogP contribution in [0.1, 0.15) is 11.5 Å². The van der Waals surface area contributed by atoms with E-state index in [1.807, 2.05) is 48.5 Å². The van der Waals surface area contributed by atoms with Crippen LogP contribution in [0.3, 0.4) is 0 Å². The van der Waals surface area contributed by atoms with E-state index in [1.165, 1.54) is 6.26 Å². The lowest BCUT2D eigenvalue weighted by Gasteiger charge is -2.04. The number of aromatic nitrogens is 1. The molecule has 4 aromatic rings. The molecule has 0 bridgehead atoms. The molecule has 1 atom stereocenters. The van der Waals surface area contributed by atoms with Gasteiger partial charge in [0.2, 0.25) is 0 Å². The van der Waals surface area contributed by atoms with Crippen molar-refractivity contribution in [3.8, 4) is 28.3 Å². The molecule has 7 heteroatoms. The van der Waals surface area contributed by atoms with Gasteiger partial charge in [-0.2, -0.15) is 0 Å². The Balaban J connectivity index is 1.75. The van der Waals surface area contributed by atoms with E-state index in [1.54, 1.807) is 31.4 Å². The monoisotopic (exact) mass is 451 g/mol. The van der Waals surface area contributed by atoms with Crippen molar-refractivity contribution in [2.45, 2.75) is 11.3 Å². The van der Waals surface area contributed by atoms with E-state index in [9.17, 15) is 8.42 Å². The smallest absolute Gasteiger partial charge is 0.199 e. The number of hydrogen-bond acceptors (Lipinski definition) is 5. The van der Waals surface area contributed by atoms with Gasteiger partial charge < -0.3 is 9.15 Å². The first-order valence-corrected chi connectivity index (χ1v) is 12.1. The molecule has 0 fully saturated rings. The van der Waals surface area contributed by atoms with E-state index < -0.39 is 9.84 Å². The van der Waals surface area contributed by atoms with E-state index in [0.29, 0.717) is 18.1 Å². The topological polar surface area (TPSA) is 69.4 Å². The van der Waals surface area contributed by atoms with E-state index in [0.717, 1.165) is 33.4 Å². The molecule has 3 aromatic carbocycles. The maximum Gasteiger partial charge on any atom is 0.199 e. The van der Waals surface area contributed by atoms with Crippen LogP contribution in [0, 0.1) is 0 Å². The maximum absolute atomic E-state index is 11.8. The Labute approximate surface area is 184 Å². The van der Waals surface area contributed by atoms with Crippen LogP contribution in [-0.4, -0.2) is 26.8 Å². The summed E-state index contributed by atoms with van der Waals surface area (Å²) in [6, 6.07) is 22.4. The number of methoxy groups -OCH3 is 1. The molecule has 1 heterocycles. The second-order valence-corrected chi connectivity index (χ2v) is 9.91. The minimum atomic E-state index is -3.27. The van der Waals surface area contributed by atoms with Gasteiger partial charge in [-0.1, -0.05) is 36.4 Å². The first kappa shape index (κ1) is 21.3. The van der Waals surface area contributed by atoms with Crippen LogP contribution in [-0.2, 0) is 16.3 Å². The van der Waals surface area contributed by atoms with E-state index in [4.69, 9.17) is 14.1 Å². The number of rotatable bonds is 6. The summed E-state index contributed by atoms with van der Waals surface area (Å²) in [5.74, 6) is 1.98. The summed E-state index contributed by atoms with van der Waals surface area (Å²) < 4.78 is 35.0. The van der Waals surface area contributed by atoms with Gasteiger partial charge in [-0.3, -0.25) is 0 Å². The Bertz CT molecular complexity index is 1290. The third-order valence-electron chi connectivity index (χ3n) is 4.91. The quantitative estimate of drug-likeness (QED) is 0.404. The molecule has 0 N–H and O–H groups in total. The standard InChI is InChI=1S/C24H22NO4PS/c1-28-19-9-3-16(4-10-19)15-22-25-23(17-5-11-20(30)12-6-17)24(29-22)18-7-13-21(14-8-18)31(2,26)27/h3-14H,15,30H2,1-2H3. The van der Waals surface area contributed by atoms with Crippen molar-refractivity contribution in [2.75, 3.05) is 13.4 Å². The molecule has 4 rings (SSSR count). The van der Waals surface area contributed by atoms with Gasteiger partial charge in [0.1, 0.15) is 11.4 Å². The normalized spacial score (nSPS) is 11.5. The third kappa shape index (κ3) is 4.87.